The lowest BCUT2D eigenvalue weighted by Gasteiger charge is -2.10. The van der Waals surface area contributed by atoms with Gasteiger partial charge in [-0.15, -0.1) is 0 Å². The molecule has 5 nitrogen and oxygen atoms in total. The molecule has 0 spiro atoms. The van der Waals surface area contributed by atoms with Gasteiger partial charge >= 0.3 is 0 Å². The van der Waals surface area contributed by atoms with Crippen LogP contribution in [0.15, 0.2) is 71.6 Å². The van der Waals surface area contributed by atoms with Gasteiger partial charge < -0.3 is 15.0 Å². The average molecular weight is 380 g/mol. The molecule has 0 heterocycles. The smallest absolute Gasteiger partial charge is 0.285 e. The van der Waals surface area contributed by atoms with E-state index in [0.717, 1.165) is 27.4 Å². The molecular formula is C21H20N2O3S. The Kier molecular flexibility index (Phi) is 5.98. The van der Waals surface area contributed by atoms with Gasteiger partial charge in [0.25, 0.3) is 11.1 Å². The van der Waals surface area contributed by atoms with Crippen LogP contribution in [0.4, 0.5) is 10.5 Å². The standard InChI is InChI=1S/C21H20N2O3S/c1-23(2)21(25)27-19-11-8-17(9-12-19)22-20(24)14-26-18-10-7-15-5-3-4-6-16(15)13-18/h3-13H,14H2,1-2H3,(H,22,24). The first-order valence-electron chi connectivity index (χ1n) is 8.42. The van der Waals surface area contributed by atoms with Crippen molar-refractivity contribution in [2.75, 3.05) is 26.0 Å². The van der Waals surface area contributed by atoms with Gasteiger partial charge in [0.1, 0.15) is 5.75 Å². The summed E-state index contributed by atoms with van der Waals surface area (Å²) in [6, 6.07) is 20.8. The molecule has 0 atom stereocenters. The zero-order valence-corrected chi connectivity index (χ0v) is 16.0. The van der Waals surface area contributed by atoms with Crippen LogP contribution in [0.25, 0.3) is 10.8 Å². The van der Waals surface area contributed by atoms with E-state index in [1.807, 2.05) is 42.5 Å². The number of anilines is 1. The molecule has 0 aliphatic rings. The van der Waals surface area contributed by atoms with Gasteiger partial charge in [-0.05, 0) is 58.9 Å². The Balaban J connectivity index is 1.53. The predicted molar refractivity (Wildman–Crippen MR) is 109 cm³/mol. The zero-order chi connectivity index (χ0) is 19.2. The minimum absolute atomic E-state index is 0.0458. The maximum atomic E-state index is 12.1. The van der Waals surface area contributed by atoms with Crippen LogP contribution < -0.4 is 10.1 Å². The van der Waals surface area contributed by atoms with E-state index in [1.165, 1.54) is 4.90 Å². The first kappa shape index (κ1) is 18.8. The van der Waals surface area contributed by atoms with Crippen molar-refractivity contribution >= 4 is 39.4 Å². The Hall–Kier alpha value is -2.99. The van der Waals surface area contributed by atoms with E-state index in [1.54, 1.807) is 38.4 Å². The van der Waals surface area contributed by atoms with Crippen LogP contribution >= 0.6 is 11.8 Å². The van der Waals surface area contributed by atoms with Crippen molar-refractivity contribution in [1.29, 1.82) is 0 Å². The number of amides is 2. The first-order valence-corrected chi connectivity index (χ1v) is 9.23. The second kappa shape index (κ2) is 8.60. The number of carbonyl (C=O) groups excluding carboxylic acids is 2. The third-order valence-corrected chi connectivity index (χ3v) is 4.85. The third kappa shape index (κ3) is 5.24. The highest BCUT2D eigenvalue weighted by Gasteiger charge is 2.08. The van der Waals surface area contributed by atoms with Crippen molar-refractivity contribution in [2.45, 2.75) is 4.90 Å². The van der Waals surface area contributed by atoms with Crippen molar-refractivity contribution < 1.29 is 14.3 Å². The summed E-state index contributed by atoms with van der Waals surface area (Å²) >= 11 is 1.14. The lowest BCUT2D eigenvalue weighted by molar-refractivity contribution is -0.118. The zero-order valence-electron chi connectivity index (χ0n) is 15.1. The molecule has 0 bridgehead atoms. The van der Waals surface area contributed by atoms with Crippen LogP contribution in [-0.4, -0.2) is 36.7 Å². The highest BCUT2D eigenvalue weighted by atomic mass is 32.2. The molecule has 27 heavy (non-hydrogen) atoms. The van der Waals surface area contributed by atoms with Crippen LogP contribution in [0.2, 0.25) is 0 Å². The number of fused-ring (bicyclic) bond motifs is 1. The van der Waals surface area contributed by atoms with Gasteiger partial charge in [-0.3, -0.25) is 9.59 Å². The Morgan fingerprint density at radius 1 is 0.963 bits per heavy atom. The first-order chi connectivity index (χ1) is 13.0. The third-order valence-electron chi connectivity index (χ3n) is 3.80. The number of rotatable bonds is 5. The van der Waals surface area contributed by atoms with Gasteiger partial charge in [-0.2, -0.15) is 0 Å². The summed E-state index contributed by atoms with van der Waals surface area (Å²) in [5.41, 5.74) is 0.656. The molecule has 2 amide bonds. The topological polar surface area (TPSA) is 58.6 Å². The van der Waals surface area contributed by atoms with Crippen LogP contribution in [-0.2, 0) is 4.79 Å². The van der Waals surface area contributed by atoms with E-state index in [9.17, 15) is 9.59 Å². The predicted octanol–water partition coefficient (Wildman–Crippen LogP) is 4.63. The lowest BCUT2D eigenvalue weighted by atomic mass is 10.1. The van der Waals surface area contributed by atoms with Crippen LogP contribution in [0.1, 0.15) is 0 Å². The molecule has 0 fully saturated rings. The molecule has 3 aromatic carbocycles. The summed E-state index contributed by atoms with van der Waals surface area (Å²) in [4.78, 5) is 26.1. The summed E-state index contributed by atoms with van der Waals surface area (Å²) in [6.07, 6.45) is 0. The summed E-state index contributed by atoms with van der Waals surface area (Å²) in [5, 5.41) is 4.93. The van der Waals surface area contributed by atoms with Gasteiger partial charge in [-0.25, -0.2) is 0 Å². The fourth-order valence-corrected chi connectivity index (χ4v) is 3.06. The van der Waals surface area contributed by atoms with Gasteiger partial charge in [0, 0.05) is 24.7 Å². The minimum atomic E-state index is -0.243. The van der Waals surface area contributed by atoms with Crippen LogP contribution in [0.3, 0.4) is 0 Å². The highest BCUT2D eigenvalue weighted by Crippen LogP contribution is 2.23. The molecule has 0 aliphatic heterocycles. The van der Waals surface area contributed by atoms with Crippen molar-refractivity contribution in [3.63, 3.8) is 0 Å². The maximum absolute atomic E-state index is 12.1. The SMILES string of the molecule is CN(C)C(=O)Sc1ccc(NC(=O)COc2ccc3ccccc3c2)cc1. The Labute approximate surface area is 162 Å². The monoisotopic (exact) mass is 380 g/mol. The molecule has 6 heteroatoms. The summed E-state index contributed by atoms with van der Waals surface area (Å²) in [7, 11) is 3.42. The maximum Gasteiger partial charge on any atom is 0.285 e. The van der Waals surface area contributed by atoms with Crippen molar-refractivity contribution in [1.82, 2.24) is 4.90 Å². The molecule has 138 valence electrons. The molecule has 0 aromatic heterocycles. The number of hydrogen-bond donors (Lipinski definition) is 1. The van der Waals surface area contributed by atoms with Gasteiger partial charge in [0.2, 0.25) is 0 Å². The van der Waals surface area contributed by atoms with E-state index < -0.39 is 0 Å². The van der Waals surface area contributed by atoms with E-state index in [-0.39, 0.29) is 17.8 Å². The molecule has 0 saturated carbocycles. The minimum Gasteiger partial charge on any atom is -0.484 e. The molecular weight excluding hydrogens is 360 g/mol. The van der Waals surface area contributed by atoms with E-state index in [2.05, 4.69) is 5.32 Å². The largest absolute Gasteiger partial charge is 0.484 e. The van der Waals surface area contributed by atoms with Gasteiger partial charge in [-0.1, -0.05) is 30.3 Å². The number of nitrogens with zero attached hydrogens (tertiary/aromatic N) is 1. The lowest BCUT2D eigenvalue weighted by Crippen LogP contribution is -2.20. The molecule has 0 saturated heterocycles. The van der Waals surface area contributed by atoms with Crippen molar-refractivity contribution in [3.8, 4) is 5.75 Å². The second-order valence-corrected chi connectivity index (χ2v) is 7.16. The summed E-state index contributed by atoms with van der Waals surface area (Å²) in [6.45, 7) is -0.0754. The highest BCUT2D eigenvalue weighted by molar-refractivity contribution is 8.13. The molecule has 3 rings (SSSR count). The van der Waals surface area contributed by atoms with Crippen LogP contribution in [0.5, 0.6) is 5.75 Å². The van der Waals surface area contributed by atoms with Gasteiger partial charge in [0.15, 0.2) is 6.61 Å². The van der Waals surface area contributed by atoms with E-state index in [0.29, 0.717) is 11.4 Å². The molecule has 3 aromatic rings. The van der Waals surface area contributed by atoms with E-state index in [4.69, 9.17) is 4.74 Å². The van der Waals surface area contributed by atoms with E-state index >= 15 is 0 Å². The van der Waals surface area contributed by atoms with Crippen molar-refractivity contribution in [3.05, 3.63) is 66.7 Å². The molecule has 0 radical (unpaired) electrons. The molecule has 0 unspecified atom stereocenters. The van der Waals surface area contributed by atoms with Crippen molar-refractivity contribution in [2.24, 2.45) is 0 Å². The number of benzene rings is 3. The van der Waals surface area contributed by atoms with Gasteiger partial charge in [0.05, 0.1) is 0 Å². The number of thioether (sulfide) groups is 1. The Morgan fingerprint density at radius 3 is 2.37 bits per heavy atom. The fourth-order valence-electron chi connectivity index (χ4n) is 2.40. The number of hydrogen-bond acceptors (Lipinski definition) is 4. The second-order valence-electron chi connectivity index (χ2n) is 6.13. The average Bonchev–Trinajstić information content (AvgIpc) is 2.67. The number of carbonyl (C=O) groups is 2. The van der Waals surface area contributed by atoms with Crippen LogP contribution in [0, 0.1) is 0 Å². The number of ether oxygens (including phenoxy) is 1. The Morgan fingerprint density at radius 2 is 1.67 bits per heavy atom. The quantitative estimate of drug-likeness (QED) is 0.656. The summed E-state index contributed by atoms with van der Waals surface area (Å²) < 4.78 is 5.58. The molecule has 1 N–H and O–H groups in total. The number of nitrogens with one attached hydrogen (secondary N) is 1. The Bertz CT molecular complexity index is 955. The fraction of sp³-hybridized carbons (Fsp3) is 0.143. The summed E-state index contributed by atoms with van der Waals surface area (Å²) in [5.74, 6) is 0.408. The molecule has 0 aliphatic carbocycles. The normalized spacial score (nSPS) is 10.4.